The molecule has 0 amide bonds. The molecule has 144 valence electrons. The van der Waals surface area contributed by atoms with E-state index in [0.29, 0.717) is 3.57 Å². The molecule has 1 saturated heterocycles. The molecule has 6 nitrogen and oxygen atoms in total. The van der Waals surface area contributed by atoms with Gasteiger partial charge in [0.2, 0.25) is 0 Å². The molecule has 1 aliphatic heterocycles. The number of rotatable bonds is 5. The zero-order valence-electron chi connectivity index (χ0n) is 13.6. The number of hydrogen-bond acceptors (Lipinski definition) is 4. The average molecular weight is 511 g/mol. The molecule has 0 aliphatic carbocycles. The third kappa shape index (κ3) is 4.35. The summed E-state index contributed by atoms with van der Waals surface area (Å²) in [6, 6.07) is 5.81. The summed E-state index contributed by atoms with van der Waals surface area (Å²) in [5.74, 6) is -3.57. The van der Waals surface area contributed by atoms with Crippen molar-refractivity contribution in [3.8, 4) is 0 Å². The van der Waals surface area contributed by atoms with Crippen LogP contribution in [0, 0.1) is 21.0 Å². The van der Waals surface area contributed by atoms with Gasteiger partial charge in [0.15, 0.2) is 11.6 Å². The predicted molar refractivity (Wildman–Crippen MR) is 102 cm³/mol. The minimum atomic E-state index is -4.17. The second-order valence-electron chi connectivity index (χ2n) is 5.76. The zero-order valence-corrected chi connectivity index (χ0v) is 16.6. The van der Waals surface area contributed by atoms with Crippen molar-refractivity contribution < 1.29 is 26.4 Å². The highest BCUT2D eigenvalue weighted by Crippen LogP contribution is 2.33. The van der Waals surface area contributed by atoms with Crippen LogP contribution in [0.5, 0.6) is 0 Å². The van der Waals surface area contributed by atoms with Crippen molar-refractivity contribution in [3.63, 3.8) is 0 Å². The molecule has 0 aromatic heterocycles. The van der Waals surface area contributed by atoms with E-state index in [0.717, 1.165) is 16.4 Å². The van der Waals surface area contributed by atoms with Gasteiger partial charge in [-0.3, -0.25) is 9.52 Å². The van der Waals surface area contributed by atoms with Gasteiger partial charge in [-0.1, -0.05) is 0 Å². The van der Waals surface area contributed by atoms with E-state index in [1.807, 2.05) is 22.6 Å². The first-order chi connectivity index (χ1) is 12.7. The van der Waals surface area contributed by atoms with Crippen molar-refractivity contribution in [1.82, 2.24) is 4.31 Å². The van der Waals surface area contributed by atoms with Crippen LogP contribution in [0.3, 0.4) is 0 Å². The maximum Gasteiger partial charge on any atom is 0.302 e. The Kier molecular flexibility index (Phi) is 5.63. The molecule has 1 heterocycles. The Labute approximate surface area is 167 Å². The number of carbonyl (C=O) groups excluding carboxylic acids is 1. The van der Waals surface area contributed by atoms with E-state index >= 15 is 0 Å². The summed E-state index contributed by atoms with van der Waals surface area (Å²) >= 11 is 1.89. The summed E-state index contributed by atoms with van der Waals surface area (Å²) in [6.07, 6.45) is 0.0810. The van der Waals surface area contributed by atoms with Gasteiger partial charge in [-0.05, 0) is 52.9 Å². The Bertz CT molecular complexity index is 1020. The summed E-state index contributed by atoms with van der Waals surface area (Å²) < 4.78 is 70.5. The van der Waals surface area contributed by atoms with Crippen LogP contribution in [0.2, 0.25) is 0 Å². The number of benzene rings is 2. The van der Waals surface area contributed by atoms with Crippen molar-refractivity contribution >= 4 is 55.6 Å². The van der Waals surface area contributed by atoms with Gasteiger partial charge in [0.1, 0.15) is 17.3 Å². The third-order valence-electron chi connectivity index (χ3n) is 3.86. The Hall–Kier alpha value is -1.86. The van der Waals surface area contributed by atoms with Gasteiger partial charge in [-0.25, -0.2) is 13.2 Å². The number of ketones is 1. The lowest BCUT2D eigenvalue weighted by atomic mass is 10.2. The molecule has 3 rings (SSSR count). The minimum absolute atomic E-state index is 0.00758. The molecule has 11 heteroatoms. The first-order valence-electron chi connectivity index (χ1n) is 7.67. The molecule has 0 saturated carbocycles. The van der Waals surface area contributed by atoms with E-state index in [4.69, 9.17) is 0 Å². The molecule has 0 unspecified atom stereocenters. The lowest BCUT2D eigenvalue weighted by Gasteiger charge is -2.19. The van der Waals surface area contributed by atoms with Crippen molar-refractivity contribution in [2.24, 2.45) is 0 Å². The average Bonchev–Trinajstić information content (AvgIpc) is 3.03. The fourth-order valence-electron chi connectivity index (χ4n) is 2.50. The number of nitrogens with one attached hydrogen (secondary N) is 2. The van der Waals surface area contributed by atoms with Crippen LogP contribution in [0.25, 0.3) is 0 Å². The standard InChI is InChI=1S/C16H13F3IN3O3S/c17-11-2-4-14(22-27(25,26)23-6-5-10(24)8-23)16(15(11)19)21-13-3-1-9(20)7-12(13)18/h1-4,7,21-22H,5-6,8H2. The van der Waals surface area contributed by atoms with Gasteiger partial charge < -0.3 is 5.32 Å². The lowest BCUT2D eigenvalue weighted by molar-refractivity contribution is -0.116. The third-order valence-corrected chi connectivity index (χ3v) is 6.00. The number of anilines is 3. The Morgan fingerprint density at radius 1 is 1.04 bits per heavy atom. The largest absolute Gasteiger partial charge is 0.349 e. The molecule has 0 bridgehead atoms. The molecule has 27 heavy (non-hydrogen) atoms. The molecule has 2 N–H and O–H groups in total. The molecule has 2 aromatic carbocycles. The molecular formula is C16H13F3IN3O3S. The van der Waals surface area contributed by atoms with Crippen LogP contribution in [0.4, 0.5) is 30.2 Å². The van der Waals surface area contributed by atoms with E-state index in [9.17, 15) is 26.4 Å². The summed E-state index contributed by atoms with van der Waals surface area (Å²) in [5, 5.41) is 2.39. The van der Waals surface area contributed by atoms with E-state index in [1.165, 1.54) is 12.1 Å². The second-order valence-corrected chi connectivity index (χ2v) is 8.68. The Morgan fingerprint density at radius 3 is 2.37 bits per heavy atom. The lowest BCUT2D eigenvalue weighted by Crippen LogP contribution is -2.34. The van der Waals surface area contributed by atoms with E-state index in [1.54, 1.807) is 6.07 Å². The molecule has 0 radical (unpaired) electrons. The molecule has 1 aliphatic rings. The fraction of sp³-hybridized carbons (Fsp3) is 0.188. The van der Waals surface area contributed by atoms with Crippen molar-refractivity contribution in [1.29, 1.82) is 0 Å². The predicted octanol–water partition coefficient (Wildman–Crippen LogP) is 3.38. The molecule has 0 atom stereocenters. The maximum atomic E-state index is 14.3. The first-order valence-corrected chi connectivity index (χ1v) is 10.2. The van der Waals surface area contributed by atoms with Crippen LogP contribution in [0.1, 0.15) is 6.42 Å². The van der Waals surface area contributed by atoms with Gasteiger partial charge in [-0.2, -0.15) is 12.7 Å². The van der Waals surface area contributed by atoms with Crippen LogP contribution in [0.15, 0.2) is 30.3 Å². The quantitative estimate of drug-likeness (QED) is 0.604. The SMILES string of the molecule is O=C1CCN(S(=O)(=O)Nc2ccc(F)c(F)c2Nc2ccc(I)cc2F)C1. The van der Waals surface area contributed by atoms with Gasteiger partial charge in [-0.15, -0.1) is 0 Å². The van der Waals surface area contributed by atoms with Gasteiger partial charge in [0.25, 0.3) is 0 Å². The van der Waals surface area contributed by atoms with E-state index in [-0.39, 0.29) is 36.7 Å². The van der Waals surface area contributed by atoms with Gasteiger partial charge in [0, 0.05) is 16.5 Å². The summed E-state index contributed by atoms with van der Waals surface area (Å²) in [5.41, 5.74) is -1.04. The van der Waals surface area contributed by atoms with Crippen molar-refractivity contribution in [2.45, 2.75) is 6.42 Å². The highest BCUT2D eigenvalue weighted by Gasteiger charge is 2.31. The number of nitrogens with zero attached hydrogens (tertiary/aromatic N) is 1. The Balaban J connectivity index is 1.96. The first kappa shape index (κ1) is 19.9. The topological polar surface area (TPSA) is 78.5 Å². The fourth-order valence-corrected chi connectivity index (χ4v) is 4.17. The summed E-state index contributed by atoms with van der Waals surface area (Å²) in [6.45, 7) is -0.306. The van der Waals surface area contributed by atoms with Crippen LogP contribution < -0.4 is 10.0 Å². The second kappa shape index (κ2) is 7.64. The normalized spacial score (nSPS) is 15.2. The number of Topliss-reactive ketones (excluding diaryl/α,β-unsaturated/α-hetero) is 1. The summed E-state index contributed by atoms with van der Waals surface area (Å²) in [7, 11) is -4.17. The van der Waals surface area contributed by atoms with Gasteiger partial charge >= 0.3 is 10.2 Å². The monoisotopic (exact) mass is 511 g/mol. The highest BCUT2D eigenvalue weighted by molar-refractivity contribution is 14.1. The van der Waals surface area contributed by atoms with Crippen molar-refractivity contribution in [3.05, 3.63) is 51.4 Å². The zero-order chi connectivity index (χ0) is 19.8. The maximum absolute atomic E-state index is 14.3. The van der Waals surface area contributed by atoms with Crippen molar-refractivity contribution in [2.75, 3.05) is 23.1 Å². The molecule has 2 aromatic rings. The van der Waals surface area contributed by atoms with Crippen LogP contribution in [-0.4, -0.2) is 31.6 Å². The molecule has 0 spiro atoms. The van der Waals surface area contributed by atoms with Crippen LogP contribution >= 0.6 is 22.6 Å². The highest BCUT2D eigenvalue weighted by atomic mass is 127. The summed E-state index contributed by atoms with van der Waals surface area (Å²) in [4.78, 5) is 11.3. The number of hydrogen-bond donors (Lipinski definition) is 2. The van der Waals surface area contributed by atoms with E-state index in [2.05, 4.69) is 10.0 Å². The number of carbonyl (C=O) groups is 1. The molecular weight excluding hydrogens is 498 g/mol. The van der Waals surface area contributed by atoms with Crippen LogP contribution in [-0.2, 0) is 15.0 Å². The van der Waals surface area contributed by atoms with E-state index < -0.39 is 33.3 Å². The smallest absolute Gasteiger partial charge is 0.302 e. The minimum Gasteiger partial charge on any atom is -0.349 e. The number of halogens is 4. The van der Waals surface area contributed by atoms with Gasteiger partial charge in [0.05, 0.1) is 17.9 Å². The Morgan fingerprint density at radius 2 is 1.74 bits per heavy atom. The molecule has 1 fully saturated rings.